The van der Waals surface area contributed by atoms with Crippen LogP contribution in [0.25, 0.3) is 22.3 Å². The van der Waals surface area contributed by atoms with E-state index in [1.807, 2.05) is 0 Å². The van der Waals surface area contributed by atoms with Crippen molar-refractivity contribution in [3.05, 3.63) is 54.0 Å². The van der Waals surface area contributed by atoms with Gasteiger partial charge < -0.3 is 10.1 Å². The topological polar surface area (TPSA) is 77.0 Å². The summed E-state index contributed by atoms with van der Waals surface area (Å²) < 4.78 is 32.4. The summed E-state index contributed by atoms with van der Waals surface area (Å²) >= 11 is 0. The molecule has 0 fully saturated rings. The van der Waals surface area contributed by atoms with Crippen LogP contribution in [0.4, 0.5) is 13.6 Å². The summed E-state index contributed by atoms with van der Waals surface area (Å²) in [6.45, 7) is 5.45. The molecule has 1 N–H and O–H groups in total. The number of carbonyl (C=O) groups excluding carboxylic acids is 1. The van der Waals surface area contributed by atoms with Crippen LogP contribution in [0.3, 0.4) is 0 Å². The SMILES string of the molecule is CC(C)(C)OC(=O)NCc1cc2nc(-c3nc(F)ccc3F)ccc2cn1. The molecule has 8 heteroatoms. The number of carbonyl (C=O) groups is 1. The number of nitrogens with zero attached hydrogens (tertiary/aromatic N) is 3. The molecule has 0 aliphatic carbocycles. The second-order valence-corrected chi connectivity index (χ2v) is 6.88. The van der Waals surface area contributed by atoms with E-state index in [0.717, 1.165) is 17.5 Å². The van der Waals surface area contributed by atoms with E-state index < -0.39 is 23.5 Å². The van der Waals surface area contributed by atoms with Gasteiger partial charge >= 0.3 is 6.09 Å². The lowest BCUT2D eigenvalue weighted by Crippen LogP contribution is -2.32. The number of amides is 1. The number of rotatable bonds is 3. The van der Waals surface area contributed by atoms with E-state index in [9.17, 15) is 13.6 Å². The molecule has 0 saturated carbocycles. The van der Waals surface area contributed by atoms with Crippen molar-refractivity contribution in [3.63, 3.8) is 0 Å². The minimum atomic E-state index is -0.787. The van der Waals surface area contributed by atoms with E-state index in [-0.39, 0.29) is 17.9 Å². The third-order valence-corrected chi connectivity index (χ3v) is 3.50. The second-order valence-electron chi connectivity index (χ2n) is 6.88. The molecule has 0 aliphatic heterocycles. The fraction of sp³-hybridized carbons (Fsp3) is 0.263. The van der Waals surface area contributed by atoms with Gasteiger partial charge in [-0.15, -0.1) is 0 Å². The Labute approximate surface area is 154 Å². The van der Waals surface area contributed by atoms with Crippen molar-refractivity contribution in [2.24, 2.45) is 0 Å². The molecule has 0 bridgehead atoms. The van der Waals surface area contributed by atoms with Crippen LogP contribution in [0.5, 0.6) is 0 Å². The highest BCUT2D eigenvalue weighted by molar-refractivity contribution is 5.80. The van der Waals surface area contributed by atoms with Crippen molar-refractivity contribution in [2.75, 3.05) is 0 Å². The summed E-state index contributed by atoms with van der Waals surface area (Å²) in [5.41, 5.74) is 0.512. The van der Waals surface area contributed by atoms with Crippen LogP contribution in [-0.4, -0.2) is 26.6 Å². The van der Waals surface area contributed by atoms with Crippen LogP contribution >= 0.6 is 0 Å². The molecular weight excluding hydrogens is 354 g/mol. The van der Waals surface area contributed by atoms with Crippen molar-refractivity contribution < 1.29 is 18.3 Å². The van der Waals surface area contributed by atoms with Crippen molar-refractivity contribution in [3.8, 4) is 11.4 Å². The summed E-state index contributed by atoms with van der Waals surface area (Å²) in [5.74, 6) is -1.45. The maximum Gasteiger partial charge on any atom is 0.407 e. The van der Waals surface area contributed by atoms with Gasteiger partial charge in [0.05, 0.1) is 23.4 Å². The number of aromatic nitrogens is 3. The highest BCUT2D eigenvalue weighted by Gasteiger charge is 2.16. The van der Waals surface area contributed by atoms with Crippen molar-refractivity contribution in [1.29, 1.82) is 0 Å². The Bertz CT molecular complexity index is 1000. The lowest BCUT2D eigenvalue weighted by atomic mass is 10.2. The maximum atomic E-state index is 13.9. The zero-order valence-electron chi connectivity index (χ0n) is 15.1. The number of alkyl carbamates (subject to hydrolysis) is 1. The smallest absolute Gasteiger partial charge is 0.407 e. The van der Waals surface area contributed by atoms with Crippen LogP contribution in [-0.2, 0) is 11.3 Å². The standard InChI is InChI=1S/C19H18F2N4O2/c1-19(2,3)27-18(26)23-10-12-8-15-11(9-22-12)4-6-14(24-15)17-13(20)5-7-16(21)25-17/h4-9H,10H2,1-3H3,(H,23,26). The third-order valence-electron chi connectivity index (χ3n) is 3.50. The van der Waals surface area contributed by atoms with Gasteiger partial charge in [0.15, 0.2) is 5.82 Å². The first kappa shape index (κ1) is 18.6. The lowest BCUT2D eigenvalue weighted by molar-refractivity contribution is 0.0523. The van der Waals surface area contributed by atoms with Crippen molar-refractivity contribution in [2.45, 2.75) is 32.9 Å². The number of hydrogen-bond donors (Lipinski definition) is 1. The minimum absolute atomic E-state index is 0.142. The highest BCUT2D eigenvalue weighted by Crippen LogP contribution is 2.22. The molecule has 3 rings (SSSR count). The number of fused-ring (bicyclic) bond motifs is 1. The van der Waals surface area contributed by atoms with Gasteiger partial charge in [0, 0.05) is 11.6 Å². The number of halogens is 2. The molecule has 0 spiro atoms. The van der Waals surface area contributed by atoms with Gasteiger partial charge in [-0.25, -0.2) is 19.2 Å². The Balaban J connectivity index is 1.84. The molecule has 3 heterocycles. The zero-order chi connectivity index (χ0) is 19.6. The molecule has 6 nitrogen and oxygen atoms in total. The maximum absolute atomic E-state index is 13.9. The van der Waals surface area contributed by atoms with Crippen molar-refractivity contribution >= 4 is 17.0 Å². The molecule has 140 valence electrons. The number of pyridine rings is 3. The van der Waals surface area contributed by atoms with E-state index in [2.05, 4.69) is 20.3 Å². The first-order valence-electron chi connectivity index (χ1n) is 8.26. The molecule has 3 aromatic heterocycles. The van der Waals surface area contributed by atoms with Gasteiger partial charge in [0.2, 0.25) is 5.95 Å². The monoisotopic (exact) mass is 372 g/mol. The molecule has 27 heavy (non-hydrogen) atoms. The van der Waals surface area contributed by atoms with Crippen LogP contribution in [0.1, 0.15) is 26.5 Å². The summed E-state index contributed by atoms with van der Waals surface area (Å²) in [4.78, 5) is 23.9. The molecule has 1 amide bonds. The van der Waals surface area contributed by atoms with Gasteiger partial charge in [-0.2, -0.15) is 4.39 Å². The lowest BCUT2D eigenvalue weighted by Gasteiger charge is -2.19. The highest BCUT2D eigenvalue weighted by atomic mass is 19.1. The van der Waals surface area contributed by atoms with E-state index >= 15 is 0 Å². The van der Waals surface area contributed by atoms with E-state index in [0.29, 0.717) is 11.2 Å². The first-order valence-corrected chi connectivity index (χ1v) is 8.26. The quantitative estimate of drug-likeness (QED) is 0.704. The van der Waals surface area contributed by atoms with Crippen LogP contribution < -0.4 is 5.32 Å². The molecule has 3 aromatic rings. The molecule has 0 atom stereocenters. The van der Waals surface area contributed by atoms with Gasteiger partial charge in [-0.05, 0) is 51.1 Å². The van der Waals surface area contributed by atoms with Gasteiger partial charge in [0.1, 0.15) is 11.3 Å². The Kier molecular flexibility index (Phi) is 4.98. The number of ether oxygens (including phenoxy) is 1. The third kappa shape index (κ3) is 4.72. The predicted octanol–water partition coefficient (Wildman–Crippen LogP) is 3.99. The van der Waals surface area contributed by atoms with Gasteiger partial charge in [-0.3, -0.25) is 4.98 Å². The Morgan fingerprint density at radius 1 is 1.15 bits per heavy atom. The average molecular weight is 372 g/mol. The van der Waals surface area contributed by atoms with Crippen LogP contribution in [0.2, 0.25) is 0 Å². The normalized spacial score (nSPS) is 11.4. The summed E-state index contributed by atoms with van der Waals surface area (Å²) in [6, 6.07) is 6.86. The summed E-state index contributed by atoms with van der Waals surface area (Å²) in [5, 5.41) is 3.33. The Hall–Kier alpha value is -3.16. The minimum Gasteiger partial charge on any atom is -0.444 e. The van der Waals surface area contributed by atoms with E-state index in [1.54, 1.807) is 45.2 Å². The zero-order valence-corrected chi connectivity index (χ0v) is 15.1. The fourth-order valence-corrected chi connectivity index (χ4v) is 2.36. The van der Waals surface area contributed by atoms with Gasteiger partial charge in [0.25, 0.3) is 0 Å². The van der Waals surface area contributed by atoms with E-state index in [1.165, 1.54) is 0 Å². The van der Waals surface area contributed by atoms with E-state index in [4.69, 9.17) is 4.74 Å². The largest absolute Gasteiger partial charge is 0.444 e. The molecular formula is C19H18F2N4O2. The first-order chi connectivity index (χ1) is 12.7. The average Bonchev–Trinajstić information content (AvgIpc) is 2.60. The van der Waals surface area contributed by atoms with Crippen LogP contribution in [0.15, 0.2) is 36.5 Å². The van der Waals surface area contributed by atoms with Crippen LogP contribution in [0, 0.1) is 11.8 Å². The number of nitrogens with one attached hydrogen (secondary N) is 1. The molecule has 0 saturated heterocycles. The number of hydrogen-bond acceptors (Lipinski definition) is 5. The molecule has 0 unspecified atom stereocenters. The van der Waals surface area contributed by atoms with Gasteiger partial charge in [-0.1, -0.05) is 0 Å². The summed E-state index contributed by atoms with van der Waals surface area (Å²) in [6.07, 6.45) is 1.03. The second kappa shape index (κ2) is 7.22. The molecule has 0 aromatic carbocycles. The summed E-state index contributed by atoms with van der Waals surface area (Å²) in [7, 11) is 0. The molecule has 0 aliphatic rings. The van der Waals surface area contributed by atoms with Crippen molar-refractivity contribution in [1.82, 2.24) is 20.3 Å². The fourth-order valence-electron chi connectivity index (χ4n) is 2.36. The predicted molar refractivity (Wildman–Crippen MR) is 95.8 cm³/mol. The Morgan fingerprint density at radius 2 is 1.93 bits per heavy atom. The molecule has 0 radical (unpaired) electrons. The Morgan fingerprint density at radius 3 is 2.67 bits per heavy atom.